The summed E-state index contributed by atoms with van der Waals surface area (Å²) in [7, 11) is 1.27. The molecule has 1 unspecified atom stereocenters. The molecule has 0 amide bonds. The van der Waals surface area contributed by atoms with Gasteiger partial charge in [0.25, 0.3) is 0 Å². The van der Waals surface area contributed by atoms with Gasteiger partial charge >= 0.3 is 0 Å². The number of methoxy groups -OCH3 is 1. The number of aromatic nitrogens is 1. The molecule has 0 aliphatic rings. The van der Waals surface area contributed by atoms with E-state index in [1.165, 1.54) is 7.11 Å². The number of hydrogen-bond donors (Lipinski definition) is 2. The first kappa shape index (κ1) is 16.9. The molecule has 2 N–H and O–H groups in total. The molecule has 8 nitrogen and oxygen atoms in total. The number of hydrogen-bond acceptors (Lipinski definition) is 6. The maximum atomic E-state index is 11.3. The molecule has 0 aliphatic heterocycles. The summed E-state index contributed by atoms with van der Waals surface area (Å²) in [6, 6.07) is 11.8. The fourth-order valence-corrected chi connectivity index (χ4v) is 3.42. The summed E-state index contributed by atoms with van der Waals surface area (Å²) in [5.41, 5.74) is 1.88. The summed E-state index contributed by atoms with van der Waals surface area (Å²) in [4.78, 5) is 14.6. The van der Waals surface area contributed by atoms with E-state index in [0.717, 1.165) is 26.8 Å². The van der Waals surface area contributed by atoms with Crippen LogP contribution in [0.3, 0.4) is 0 Å². The number of fused-ring (bicyclic) bond motifs is 3. The highest BCUT2D eigenvalue weighted by molar-refractivity contribution is 6.10. The summed E-state index contributed by atoms with van der Waals surface area (Å²) in [6.45, 7) is -0.372. The molecule has 0 bridgehead atoms. The maximum absolute atomic E-state index is 11.3. The first-order valence-electron chi connectivity index (χ1n) is 12.0. The van der Waals surface area contributed by atoms with Crippen molar-refractivity contribution in [2.45, 2.75) is 6.10 Å². The molecular weight excluding hydrogens is 410 g/mol. The quantitative estimate of drug-likeness (QED) is 0.269. The predicted molar refractivity (Wildman–Crippen MR) is 123 cm³/mol. The number of para-hydroxylation sites is 3. The van der Waals surface area contributed by atoms with Crippen LogP contribution < -0.4 is 14.2 Å². The van der Waals surface area contributed by atoms with Crippen LogP contribution in [0.4, 0.5) is 0 Å². The number of benzene rings is 3. The van der Waals surface area contributed by atoms with Crippen LogP contribution >= 0.6 is 0 Å². The van der Waals surface area contributed by atoms with Gasteiger partial charge in [0.2, 0.25) is 0 Å². The zero-order valence-electron chi connectivity index (χ0n) is 21.4. The molecule has 1 heterocycles. The van der Waals surface area contributed by atoms with E-state index in [-0.39, 0.29) is 43.8 Å². The Kier molecular flexibility index (Phi) is 5.28. The van der Waals surface area contributed by atoms with Gasteiger partial charge in [-0.25, -0.2) is 0 Å². The van der Waals surface area contributed by atoms with Gasteiger partial charge in [0.15, 0.2) is 11.5 Å². The van der Waals surface area contributed by atoms with E-state index in [9.17, 15) is 10.0 Å². The minimum atomic E-state index is -1.04. The van der Waals surface area contributed by atoms with Crippen molar-refractivity contribution in [3.8, 4) is 17.2 Å². The van der Waals surface area contributed by atoms with Crippen LogP contribution in [0.5, 0.6) is 17.2 Å². The number of nitrogens with one attached hydrogen (secondary N) is 1. The van der Waals surface area contributed by atoms with Crippen molar-refractivity contribution >= 4 is 21.8 Å². The SMILES string of the molecule is [2H]c1c([2H])c([2H])c(OCCN(CC(O)COc2cccc3[nH]c4ccccc4c23)N=O)c(OC)c1[2H]. The molecule has 0 saturated heterocycles. The van der Waals surface area contributed by atoms with E-state index >= 15 is 0 Å². The maximum Gasteiger partial charge on any atom is 0.161 e. The number of ether oxygens (including phenoxy) is 3. The first-order valence-corrected chi connectivity index (χ1v) is 10.0. The second-order valence-electron chi connectivity index (χ2n) is 7.02. The minimum absolute atomic E-state index is 0.0372. The van der Waals surface area contributed by atoms with Gasteiger partial charge in [-0.3, -0.25) is 5.01 Å². The Morgan fingerprint density at radius 3 is 2.66 bits per heavy atom. The molecule has 0 saturated carbocycles. The minimum Gasteiger partial charge on any atom is -0.493 e. The number of rotatable bonds is 11. The van der Waals surface area contributed by atoms with Crippen LogP contribution in [0.2, 0.25) is 0 Å². The van der Waals surface area contributed by atoms with E-state index in [0.29, 0.717) is 5.75 Å². The zero-order valence-corrected chi connectivity index (χ0v) is 17.4. The predicted octanol–water partition coefficient (Wildman–Crippen LogP) is 4.13. The Hall–Kier alpha value is -3.78. The highest BCUT2D eigenvalue weighted by Crippen LogP contribution is 2.33. The number of nitroso groups, excluding NO2 is 1. The van der Waals surface area contributed by atoms with Gasteiger partial charge in [0, 0.05) is 16.3 Å². The standard InChI is InChI=1S/C24H25N3O5/c1-30-21-10-4-5-11-22(21)31-14-13-27(26-29)15-17(28)16-32-23-12-6-9-20-24(23)18-7-2-3-8-19(18)25-20/h2-12,17,25,28H,13-16H2,1H3/i4D,5D,10D,11D. The fraction of sp³-hybridized carbons (Fsp3) is 0.250. The highest BCUT2D eigenvalue weighted by atomic mass is 16.5. The van der Waals surface area contributed by atoms with Crippen molar-refractivity contribution in [2.75, 3.05) is 33.4 Å². The molecule has 8 heteroatoms. The molecule has 3 aromatic carbocycles. The lowest BCUT2D eigenvalue weighted by atomic mass is 10.1. The van der Waals surface area contributed by atoms with E-state index < -0.39 is 24.2 Å². The largest absolute Gasteiger partial charge is 0.493 e. The van der Waals surface area contributed by atoms with Crippen LogP contribution in [0.25, 0.3) is 21.8 Å². The Balaban J connectivity index is 1.36. The molecule has 32 heavy (non-hydrogen) atoms. The van der Waals surface area contributed by atoms with Crippen LogP contribution in [0, 0.1) is 4.91 Å². The van der Waals surface area contributed by atoms with Gasteiger partial charge in [-0.1, -0.05) is 36.4 Å². The van der Waals surface area contributed by atoms with Gasteiger partial charge in [-0.05, 0) is 30.3 Å². The van der Waals surface area contributed by atoms with E-state index in [2.05, 4.69) is 10.3 Å². The molecule has 4 aromatic rings. The molecule has 4 rings (SSSR count). The number of nitrogens with zero attached hydrogens (tertiary/aromatic N) is 2. The van der Waals surface area contributed by atoms with Crippen LogP contribution in [0.15, 0.2) is 71.9 Å². The molecule has 1 atom stereocenters. The number of aromatic amines is 1. The summed E-state index contributed by atoms with van der Waals surface area (Å²) in [5.74, 6) is 0.305. The fourth-order valence-electron chi connectivity index (χ4n) is 3.42. The highest BCUT2D eigenvalue weighted by Gasteiger charge is 2.15. The van der Waals surface area contributed by atoms with Crippen LogP contribution in [-0.4, -0.2) is 54.6 Å². The van der Waals surface area contributed by atoms with E-state index in [1.807, 2.05) is 42.5 Å². The monoisotopic (exact) mass is 439 g/mol. The summed E-state index contributed by atoms with van der Waals surface area (Å²) in [5, 5.41) is 16.3. The average Bonchev–Trinajstić information content (AvgIpc) is 3.28. The lowest BCUT2D eigenvalue weighted by molar-refractivity contribution is 0.0640. The number of H-pyrrole nitrogens is 1. The van der Waals surface area contributed by atoms with Gasteiger partial charge in [-0.15, -0.1) is 4.91 Å². The van der Waals surface area contributed by atoms with Crippen molar-refractivity contribution < 1.29 is 24.8 Å². The Bertz CT molecular complexity index is 1400. The third-order valence-electron chi connectivity index (χ3n) is 4.88. The average molecular weight is 440 g/mol. The van der Waals surface area contributed by atoms with Gasteiger partial charge < -0.3 is 24.3 Å². The summed E-state index contributed by atoms with van der Waals surface area (Å²) < 4.78 is 47.9. The molecule has 0 aliphatic carbocycles. The van der Waals surface area contributed by atoms with Gasteiger partial charge in [0.05, 0.1) is 36.5 Å². The van der Waals surface area contributed by atoms with Crippen LogP contribution in [0.1, 0.15) is 5.48 Å². The van der Waals surface area contributed by atoms with Gasteiger partial charge in [-0.2, -0.15) is 0 Å². The normalized spacial score (nSPS) is 13.7. The topological polar surface area (TPSA) is 96.4 Å². The second kappa shape index (κ2) is 10.0. The number of aliphatic hydroxyl groups excluding tert-OH is 1. The Morgan fingerprint density at radius 2 is 1.84 bits per heavy atom. The lowest BCUT2D eigenvalue weighted by Gasteiger charge is -2.20. The first-order chi connectivity index (χ1) is 17.3. The molecule has 1 aromatic heterocycles. The van der Waals surface area contributed by atoms with Crippen molar-refractivity contribution in [3.63, 3.8) is 0 Å². The van der Waals surface area contributed by atoms with E-state index in [1.54, 1.807) is 0 Å². The molecular formula is C24H25N3O5. The summed E-state index contributed by atoms with van der Waals surface area (Å²) >= 11 is 0. The molecule has 0 fully saturated rings. The van der Waals surface area contributed by atoms with Crippen molar-refractivity contribution in [1.29, 1.82) is 0 Å². The van der Waals surface area contributed by atoms with Crippen molar-refractivity contribution in [3.05, 3.63) is 71.5 Å². The third kappa shape index (κ3) is 4.76. The number of aliphatic hydroxyl groups is 1. The lowest BCUT2D eigenvalue weighted by Crippen LogP contribution is -2.34. The smallest absolute Gasteiger partial charge is 0.161 e. The zero-order chi connectivity index (χ0) is 25.8. The summed E-state index contributed by atoms with van der Waals surface area (Å²) in [6.07, 6.45) is -1.04. The Labute approximate surface area is 190 Å². The second-order valence-corrected chi connectivity index (χ2v) is 7.02. The molecule has 0 radical (unpaired) electrons. The van der Waals surface area contributed by atoms with Crippen molar-refractivity contribution in [1.82, 2.24) is 9.99 Å². The van der Waals surface area contributed by atoms with Crippen molar-refractivity contribution in [2.24, 2.45) is 5.29 Å². The van der Waals surface area contributed by atoms with E-state index in [4.69, 9.17) is 19.7 Å². The van der Waals surface area contributed by atoms with Gasteiger partial charge in [0.1, 0.15) is 25.1 Å². The Morgan fingerprint density at radius 1 is 1.06 bits per heavy atom. The van der Waals surface area contributed by atoms with Crippen LogP contribution in [-0.2, 0) is 0 Å². The molecule has 166 valence electrons. The third-order valence-corrected chi connectivity index (χ3v) is 4.88. The molecule has 0 spiro atoms.